The number of methoxy groups -OCH3 is 2. The lowest BCUT2D eigenvalue weighted by Crippen LogP contribution is -2.31. The first-order chi connectivity index (χ1) is 13.1. The van der Waals surface area contributed by atoms with Gasteiger partial charge in [0.25, 0.3) is 0 Å². The maximum atomic E-state index is 13.5. The van der Waals surface area contributed by atoms with E-state index in [-0.39, 0.29) is 10.9 Å². The van der Waals surface area contributed by atoms with Crippen LogP contribution in [0, 0.1) is 0 Å². The maximum absolute atomic E-state index is 13.5. The minimum absolute atomic E-state index is 0.197. The molecule has 0 amide bonds. The number of aromatic nitrogens is 2. The van der Waals surface area contributed by atoms with Crippen molar-refractivity contribution in [2.24, 2.45) is 0 Å². The number of sulfonamides is 1. The summed E-state index contributed by atoms with van der Waals surface area (Å²) in [5.74, 6) is 1.32. The molecule has 1 aromatic heterocycles. The summed E-state index contributed by atoms with van der Waals surface area (Å²) in [6.45, 7) is 0.446. The van der Waals surface area contributed by atoms with Crippen LogP contribution >= 0.6 is 11.7 Å². The van der Waals surface area contributed by atoms with E-state index in [1.165, 1.54) is 0 Å². The van der Waals surface area contributed by atoms with Crippen molar-refractivity contribution >= 4 is 32.8 Å². The lowest BCUT2D eigenvalue weighted by atomic mass is 10.0. The van der Waals surface area contributed by atoms with E-state index in [0.29, 0.717) is 35.5 Å². The van der Waals surface area contributed by atoms with Crippen LogP contribution in [0.3, 0.4) is 0 Å². The fourth-order valence-electron chi connectivity index (χ4n) is 3.55. The van der Waals surface area contributed by atoms with Crippen molar-refractivity contribution in [2.45, 2.75) is 23.8 Å². The van der Waals surface area contributed by atoms with Gasteiger partial charge in [-0.25, -0.2) is 8.42 Å². The van der Waals surface area contributed by atoms with Gasteiger partial charge >= 0.3 is 0 Å². The van der Waals surface area contributed by atoms with Gasteiger partial charge < -0.3 is 9.47 Å². The normalized spacial score (nSPS) is 18.1. The van der Waals surface area contributed by atoms with Crippen LogP contribution in [-0.2, 0) is 10.0 Å². The van der Waals surface area contributed by atoms with Crippen LogP contribution in [0.5, 0.6) is 11.5 Å². The Morgan fingerprint density at radius 2 is 2.00 bits per heavy atom. The summed E-state index contributed by atoms with van der Waals surface area (Å²) in [6.07, 6.45) is 1.49. The van der Waals surface area contributed by atoms with Gasteiger partial charge in [0, 0.05) is 12.1 Å². The van der Waals surface area contributed by atoms with E-state index in [0.717, 1.165) is 23.7 Å². The summed E-state index contributed by atoms with van der Waals surface area (Å²) < 4.78 is 47.7. The zero-order valence-electron chi connectivity index (χ0n) is 15.0. The van der Waals surface area contributed by atoms with Crippen LogP contribution in [0.1, 0.15) is 24.4 Å². The Bertz CT molecular complexity index is 1080. The Balaban J connectivity index is 1.81. The SMILES string of the molecule is COc1ccc(OC)c([C@H]2CCCN2S(=O)(=O)c2cccc3nsnc23)c1. The Morgan fingerprint density at radius 1 is 1.15 bits per heavy atom. The molecule has 27 heavy (non-hydrogen) atoms. The first-order valence-corrected chi connectivity index (χ1v) is 10.7. The van der Waals surface area contributed by atoms with Gasteiger partial charge in [-0.1, -0.05) is 6.07 Å². The molecule has 1 saturated heterocycles. The van der Waals surface area contributed by atoms with Gasteiger partial charge in [0.1, 0.15) is 27.4 Å². The van der Waals surface area contributed by atoms with Crippen LogP contribution < -0.4 is 9.47 Å². The summed E-state index contributed by atoms with van der Waals surface area (Å²) in [7, 11) is -0.564. The molecule has 1 atom stereocenters. The van der Waals surface area contributed by atoms with E-state index in [1.54, 1.807) is 42.8 Å². The highest BCUT2D eigenvalue weighted by molar-refractivity contribution is 7.89. The van der Waals surface area contributed by atoms with Crippen LogP contribution in [0.25, 0.3) is 11.0 Å². The summed E-state index contributed by atoms with van der Waals surface area (Å²) >= 11 is 1.01. The van der Waals surface area contributed by atoms with E-state index in [1.807, 2.05) is 12.1 Å². The number of hydrogen-bond donors (Lipinski definition) is 0. The zero-order valence-corrected chi connectivity index (χ0v) is 16.6. The number of fused-ring (bicyclic) bond motifs is 1. The molecule has 0 unspecified atom stereocenters. The molecule has 142 valence electrons. The third-order valence-corrected chi connectivity index (χ3v) is 7.32. The highest BCUT2D eigenvalue weighted by Crippen LogP contribution is 2.42. The molecule has 0 N–H and O–H groups in total. The third kappa shape index (κ3) is 3.05. The van der Waals surface area contributed by atoms with Gasteiger partial charge in [0.2, 0.25) is 10.0 Å². The molecule has 2 aromatic carbocycles. The van der Waals surface area contributed by atoms with Gasteiger partial charge in [-0.3, -0.25) is 0 Å². The van der Waals surface area contributed by atoms with Crippen molar-refractivity contribution in [3.05, 3.63) is 42.0 Å². The minimum atomic E-state index is -3.74. The minimum Gasteiger partial charge on any atom is -0.497 e. The average molecular weight is 406 g/mol. The fraction of sp³-hybridized carbons (Fsp3) is 0.333. The molecule has 0 bridgehead atoms. The Labute approximate surface area is 161 Å². The molecule has 0 aliphatic carbocycles. The van der Waals surface area contributed by atoms with Crippen molar-refractivity contribution in [3.8, 4) is 11.5 Å². The van der Waals surface area contributed by atoms with Gasteiger partial charge in [-0.05, 0) is 43.2 Å². The number of ether oxygens (including phenoxy) is 2. The molecule has 9 heteroatoms. The lowest BCUT2D eigenvalue weighted by Gasteiger charge is -2.26. The zero-order chi connectivity index (χ0) is 19.0. The molecule has 2 heterocycles. The summed E-state index contributed by atoms with van der Waals surface area (Å²) in [6, 6.07) is 10.2. The monoisotopic (exact) mass is 405 g/mol. The van der Waals surface area contributed by atoms with E-state index in [2.05, 4.69) is 8.75 Å². The van der Waals surface area contributed by atoms with Crippen molar-refractivity contribution in [2.75, 3.05) is 20.8 Å². The van der Waals surface area contributed by atoms with Crippen LogP contribution in [0.15, 0.2) is 41.3 Å². The first-order valence-electron chi connectivity index (χ1n) is 8.51. The van der Waals surface area contributed by atoms with Crippen LogP contribution in [0.4, 0.5) is 0 Å². The number of rotatable bonds is 5. The van der Waals surface area contributed by atoms with Crippen molar-refractivity contribution in [3.63, 3.8) is 0 Å². The number of benzene rings is 2. The Morgan fingerprint density at radius 3 is 2.78 bits per heavy atom. The summed E-state index contributed by atoms with van der Waals surface area (Å²) in [4.78, 5) is 0.197. The molecule has 0 radical (unpaired) electrons. The molecule has 1 aliphatic heterocycles. The lowest BCUT2D eigenvalue weighted by molar-refractivity contribution is 0.362. The maximum Gasteiger partial charge on any atom is 0.245 e. The second-order valence-electron chi connectivity index (χ2n) is 6.27. The number of nitrogens with zero attached hydrogens (tertiary/aromatic N) is 3. The van der Waals surface area contributed by atoms with E-state index < -0.39 is 10.0 Å². The van der Waals surface area contributed by atoms with Gasteiger partial charge in [0.15, 0.2) is 0 Å². The van der Waals surface area contributed by atoms with E-state index >= 15 is 0 Å². The molecular weight excluding hydrogens is 386 g/mol. The standard InChI is InChI=1S/C18H19N3O4S2/c1-24-12-8-9-16(25-2)13(11-12)15-6-4-10-21(15)27(22,23)17-7-3-5-14-18(17)20-26-19-14/h3,5,7-9,11,15H,4,6,10H2,1-2H3/t15-/m1/s1. The summed E-state index contributed by atoms with van der Waals surface area (Å²) in [5.41, 5.74) is 1.82. The molecule has 0 saturated carbocycles. The molecule has 1 fully saturated rings. The molecular formula is C18H19N3O4S2. The summed E-state index contributed by atoms with van der Waals surface area (Å²) in [5, 5.41) is 0. The number of hydrogen-bond acceptors (Lipinski definition) is 7. The van der Waals surface area contributed by atoms with E-state index in [4.69, 9.17) is 9.47 Å². The highest BCUT2D eigenvalue weighted by atomic mass is 32.2. The predicted molar refractivity (Wildman–Crippen MR) is 103 cm³/mol. The molecule has 7 nitrogen and oxygen atoms in total. The molecule has 4 rings (SSSR count). The predicted octanol–water partition coefficient (Wildman–Crippen LogP) is 3.23. The smallest absolute Gasteiger partial charge is 0.245 e. The topological polar surface area (TPSA) is 81.6 Å². The fourth-order valence-corrected chi connectivity index (χ4v) is 5.98. The Hall–Kier alpha value is -2.23. The largest absolute Gasteiger partial charge is 0.497 e. The quantitative estimate of drug-likeness (QED) is 0.648. The van der Waals surface area contributed by atoms with Crippen molar-refractivity contribution in [1.82, 2.24) is 13.1 Å². The second kappa shape index (κ2) is 7.06. The van der Waals surface area contributed by atoms with E-state index in [9.17, 15) is 8.42 Å². The Kier molecular flexibility index (Phi) is 4.75. The highest BCUT2D eigenvalue weighted by Gasteiger charge is 2.38. The van der Waals surface area contributed by atoms with Crippen LogP contribution in [0.2, 0.25) is 0 Å². The van der Waals surface area contributed by atoms with Crippen molar-refractivity contribution < 1.29 is 17.9 Å². The molecule has 3 aromatic rings. The second-order valence-corrected chi connectivity index (χ2v) is 8.66. The van der Waals surface area contributed by atoms with Crippen LogP contribution in [-0.4, -0.2) is 42.2 Å². The van der Waals surface area contributed by atoms with Gasteiger partial charge in [-0.15, -0.1) is 0 Å². The van der Waals surface area contributed by atoms with Crippen molar-refractivity contribution in [1.29, 1.82) is 0 Å². The third-order valence-electron chi connectivity index (χ3n) is 4.84. The molecule has 1 aliphatic rings. The molecule has 0 spiro atoms. The van der Waals surface area contributed by atoms with Gasteiger partial charge in [-0.2, -0.15) is 13.1 Å². The first kappa shape index (κ1) is 18.1. The average Bonchev–Trinajstić information content (AvgIpc) is 3.36. The van der Waals surface area contributed by atoms with Gasteiger partial charge in [0.05, 0.1) is 32.0 Å².